The minimum absolute atomic E-state index is 0.0417. The first kappa shape index (κ1) is 17.2. The molecule has 0 bridgehead atoms. The van der Waals surface area contributed by atoms with Gasteiger partial charge in [0, 0.05) is 29.0 Å². The van der Waals surface area contributed by atoms with E-state index in [1.807, 2.05) is 54.7 Å². The van der Waals surface area contributed by atoms with Gasteiger partial charge in [0.15, 0.2) is 0 Å². The number of aromatic nitrogens is 1. The number of carboxylic acid groups (broad SMARTS) is 1. The second kappa shape index (κ2) is 7.54. The van der Waals surface area contributed by atoms with Gasteiger partial charge in [-0.1, -0.05) is 54.6 Å². The Morgan fingerprint density at radius 3 is 2.52 bits per heavy atom. The smallest absolute Gasteiger partial charge is 0.307 e. The Hall–Kier alpha value is -3.27. The molecule has 1 N–H and O–H groups in total. The summed E-state index contributed by atoms with van der Waals surface area (Å²) in [6.07, 6.45) is 2.84. The van der Waals surface area contributed by atoms with E-state index in [0.29, 0.717) is 6.61 Å². The Morgan fingerprint density at radius 2 is 1.67 bits per heavy atom. The van der Waals surface area contributed by atoms with Gasteiger partial charge in [0.05, 0.1) is 13.0 Å². The quantitative estimate of drug-likeness (QED) is 0.478. The van der Waals surface area contributed by atoms with Crippen LogP contribution in [0, 0.1) is 0 Å². The van der Waals surface area contributed by atoms with Gasteiger partial charge in [0.1, 0.15) is 5.75 Å². The first-order valence-electron chi connectivity index (χ1n) is 9.11. The van der Waals surface area contributed by atoms with Crippen LogP contribution in [-0.4, -0.2) is 22.2 Å². The molecule has 0 unspecified atom stereocenters. The van der Waals surface area contributed by atoms with E-state index in [0.717, 1.165) is 40.6 Å². The zero-order valence-corrected chi connectivity index (χ0v) is 15.0. The fraction of sp³-hybridized carbons (Fsp3) is 0.174. The Kier molecular flexibility index (Phi) is 4.79. The predicted octanol–water partition coefficient (Wildman–Crippen LogP) is 4.89. The maximum Gasteiger partial charge on any atom is 0.307 e. The molecule has 3 aromatic carbocycles. The number of rotatable bonds is 7. The second-order valence-electron chi connectivity index (χ2n) is 6.61. The average Bonchev–Trinajstić information content (AvgIpc) is 3.02. The fourth-order valence-corrected chi connectivity index (χ4v) is 3.55. The van der Waals surface area contributed by atoms with Crippen molar-refractivity contribution in [3.8, 4) is 5.75 Å². The normalized spacial score (nSPS) is 11.1. The zero-order chi connectivity index (χ0) is 18.6. The first-order chi connectivity index (χ1) is 13.2. The number of benzene rings is 3. The molecule has 0 saturated carbocycles. The molecule has 136 valence electrons. The van der Waals surface area contributed by atoms with Gasteiger partial charge in [-0.3, -0.25) is 4.79 Å². The summed E-state index contributed by atoms with van der Waals surface area (Å²) in [5.41, 5.74) is 1.92. The third kappa shape index (κ3) is 3.65. The summed E-state index contributed by atoms with van der Waals surface area (Å²) in [5.74, 6) is 0.0919. The highest BCUT2D eigenvalue weighted by Crippen LogP contribution is 2.26. The van der Waals surface area contributed by atoms with Crippen molar-refractivity contribution in [3.05, 3.63) is 78.5 Å². The highest BCUT2D eigenvalue weighted by Gasteiger charge is 2.11. The van der Waals surface area contributed by atoms with Crippen molar-refractivity contribution in [3.63, 3.8) is 0 Å². The van der Waals surface area contributed by atoms with E-state index < -0.39 is 5.97 Å². The number of carboxylic acids is 1. The molecule has 0 atom stereocenters. The van der Waals surface area contributed by atoms with Crippen LogP contribution in [0.15, 0.2) is 72.9 Å². The molecule has 4 aromatic rings. The number of para-hydroxylation sites is 1. The number of ether oxygens (including phenoxy) is 1. The zero-order valence-electron chi connectivity index (χ0n) is 15.0. The van der Waals surface area contributed by atoms with Gasteiger partial charge in [0.2, 0.25) is 0 Å². The minimum Gasteiger partial charge on any atom is -0.493 e. The number of aliphatic carboxylic acids is 1. The Balaban J connectivity index is 1.45. The van der Waals surface area contributed by atoms with Crippen LogP contribution in [0.25, 0.3) is 21.7 Å². The molecule has 4 heteroatoms. The lowest BCUT2D eigenvalue weighted by Crippen LogP contribution is -2.04. The molecule has 0 spiro atoms. The van der Waals surface area contributed by atoms with E-state index >= 15 is 0 Å². The molecule has 0 aliphatic heterocycles. The van der Waals surface area contributed by atoms with E-state index in [2.05, 4.69) is 22.8 Å². The molecular formula is C23H21NO3. The van der Waals surface area contributed by atoms with E-state index in [9.17, 15) is 4.79 Å². The van der Waals surface area contributed by atoms with Gasteiger partial charge in [0.25, 0.3) is 0 Å². The molecule has 27 heavy (non-hydrogen) atoms. The third-order valence-electron chi connectivity index (χ3n) is 4.76. The molecule has 0 amide bonds. The van der Waals surface area contributed by atoms with Crippen LogP contribution >= 0.6 is 0 Å². The second-order valence-corrected chi connectivity index (χ2v) is 6.61. The molecule has 0 aliphatic carbocycles. The van der Waals surface area contributed by atoms with Crippen LogP contribution in [0.3, 0.4) is 0 Å². The van der Waals surface area contributed by atoms with E-state index in [1.54, 1.807) is 0 Å². The van der Waals surface area contributed by atoms with Gasteiger partial charge in [-0.25, -0.2) is 0 Å². The molecular weight excluding hydrogens is 338 g/mol. The SMILES string of the molecule is O=C(O)Cc1cn(CCCOc2cccc3ccccc23)c2ccccc12. The van der Waals surface area contributed by atoms with Crippen LogP contribution < -0.4 is 4.74 Å². The fourth-order valence-electron chi connectivity index (χ4n) is 3.55. The summed E-state index contributed by atoms with van der Waals surface area (Å²) in [7, 11) is 0. The van der Waals surface area contributed by atoms with Crippen LogP contribution in [0.4, 0.5) is 0 Å². The lowest BCUT2D eigenvalue weighted by molar-refractivity contribution is -0.136. The Morgan fingerprint density at radius 1 is 0.926 bits per heavy atom. The maximum atomic E-state index is 11.1. The van der Waals surface area contributed by atoms with Crippen LogP contribution in [0.1, 0.15) is 12.0 Å². The summed E-state index contributed by atoms with van der Waals surface area (Å²) in [6.45, 7) is 1.39. The lowest BCUT2D eigenvalue weighted by atomic mass is 10.1. The third-order valence-corrected chi connectivity index (χ3v) is 4.76. The molecule has 1 heterocycles. The highest BCUT2D eigenvalue weighted by molar-refractivity contribution is 5.88. The summed E-state index contributed by atoms with van der Waals surface area (Å²) in [6, 6.07) is 22.2. The minimum atomic E-state index is -0.808. The number of nitrogens with zero attached hydrogens (tertiary/aromatic N) is 1. The average molecular weight is 359 g/mol. The highest BCUT2D eigenvalue weighted by atomic mass is 16.5. The van der Waals surface area contributed by atoms with Gasteiger partial charge >= 0.3 is 5.97 Å². The van der Waals surface area contributed by atoms with Crippen molar-refractivity contribution in [1.29, 1.82) is 0 Å². The maximum absolute atomic E-state index is 11.1. The largest absolute Gasteiger partial charge is 0.493 e. The standard InChI is InChI=1S/C23H21NO3/c25-23(26)15-18-16-24(21-11-4-3-9-19(18)21)13-6-14-27-22-12-5-8-17-7-1-2-10-20(17)22/h1-5,7-12,16H,6,13-15H2,(H,25,26). The molecule has 4 nitrogen and oxygen atoms in total. The van der Waals surface area contributed by atoms with Crippen molar-refractivity contribution >= 4 is 27.6 Å². The van der Waals surface area contributed by atoms with Crippen LogP contribution in [-0.2, 0) is 17.8 Å². The summed E-state index contributed by atoms with van der Waals surface area (Å²) in [4.78, 5) is 11.1. The van der Waals surface area contributed by atoms with Gasteiger partial charge < -0.3 is 14.4 Å². The van der Waals surface area contributed by atoms with Gasteiger partial charge in [-0.15, -0.1) is 0 Å². The lowest BCUT2D eigenvalue weighted by Gasteiger charge is -2.10. The number of carbonyl (C=O) groups is 1. The first-order valence-corrected chi connectivity index (χ1v) is 9.11. The monoisotopic (exact) mass is 359 g/mol. The number of fused-ring (bicyclic) bond motifs is 2. The number of hydrogen-bond acceptors (Lipinski definition) is 2. The van der Waals surface area contributed by atoms with Crippen LogP contribution in [0.5, 0.6) is 5.75 Å². The van der Waals surface area contributed by atoms with E-state index in [4.69, 9.17) is 9.84 Å². The topological polar surface area (TPSA) is 51.5 Å². The molecule has 0 saturated heterocycles. The van der Waals surface area contributed by atoms with Crippen molar-refractivity contribution < 1.29 is 14.6 Å². The van der Waals surface area contributed by atoms with Crippen LogP contribution in [0.2, 0.25) is 0 Å². The predicted molar refractivity (Wildman–Crippen MR) is 107 cm³/mol. The molecule has 0 radical (unpaired) electrons. The van der Waals surface area contributed by atoms with Crippen molar-refractivity contribution in [2.24, 2.45) is 0 Å². The number of hydrogen-bond donors (Lipinski definition) is 1. The summed E-state index contributed by atoms with van der Waals surface area (Å²) in [5, 5.41) is 12.4. The summed E-state index contributed by atoms with van der Waals surface area (Å²) < 4.78 is 8.14. The Labute approximate surface area is 157 Å². The van der Waals surface area contributed by atoms with Crippen molar-refractivity contribution in [1.82, 2.24) is 4.57 Å². The molecule has 4 rings (SSSR count). The Bertz CT molecular complexity index is 1090. The van der Waals surface area contributed by atoms with Gasteiger partial charge in [-0.05, 0) is 29.5 Å². The van der Waals surface area contributed by atoms with Gasteiger partial charge in [-0.2, -0.15) is 0 Å². The number of aryl methyl sites for hydroxylation is 1. The van der Waals surface area contributed by atoms with Crippen molar-refractivity contribution in [2.75, 3.05) is 6.61 Å². The molecule has 0 fully saturated rings. The van der Waals surface area contributed by atoms with E-state index in [1.165, 1.54) is 5.39 Å². The van der Waals surface area contributed by atoms with E-state index in [-0.39, 0.29) is 6.42 Å². The van der Waals surface area contributed by atoms with Crippen molar-refractivity contribution in [2.45, 2.75) is 19.4 Å². The molecule has 0 aliphatic rings. The summed E-state index contributed by atoms with van der Waals surface area (Å²) >= 11 is 0. The molecule has 1 aromatic heterocycles.